The van der Waals surface area contributed by atoms with Gasteiger partial charge in [0.15, 0.2) is 5.84 Å². The number of rotatable bonds is 6. The van der Waals surface area contributed by atoms with E-state index in [0.29, 0.717) is 18.6 Å². The molecule has 1 aromatic carbocycles. The molecule has 0 atom stereocenters. The van der Waals surface area contributed by atoms with Gasteiger partial charge in [-0.2, -0.15) is 26.3 Å². The second-order valence-electron chi connectivity index (χ2n) is 5.92. The lowest BCUT2D eigenvalue weighted by molar-refractivity contribution is -0.463. The van der Waals surface area contributed by atoms with Crippen molar-refractivity contribution in [2.45, 2.75) is 32.6 Å². The first-order chi connectivity index (χ1) is 11.8. The topological polar surface area (TPSA) is 67.5 Å². The Kier molecular flexibility index (Phi) is 6.99. The highest BCUT2D eigenvalue weighted by molar-refractivity contribution is 5.96. The second kappa shape index (κ2) is 8.37. The number of anilines is 1. The minimum Gasteiger partial charge on any atom is -0.338 e. The minimum absolute atomic E-state index is 0.0196. The molecule has 146 valence electrons. The number of amidine groups is 1. The highest BCUT2D eigenvalue weighted by atomic mass is 19.4. The van der Waals surface area contributed by atoms with Gasteiger partial charge in [-0.15, -0.1) is 0 Å². The fraction of sp³-hybridized carbons (Fsp3) is 0.533. The van der Waals surface area contributed by atoms with E-state index >= 15 is 0 Å². The lowest BCUT2D eigenvalue weighted by Crippen LogP contribution is -2.23. The summed E-state index contributed by atoms with van der Waals surface area (Å²) < 4.78 is 77.0. The number of nitrogens with zero attached hydrogens (tertiary/aromatic N) is 2. The molecule has 1 rings (SSSR count). The van der Waals surface area contributed by atoms with Gasteiger partial charge >= 0.3 is 12.4 Å². The fourth-order valence-corrected chi connectivity index (χ4v) is 1.90. The van der Waals surface area contributed by atoms with Crippen LogP contribution in [-0.4, -0.2) is 23.8 Å². The third kappa shape index (κ3) is 7.28. The summed E-state index contributed by atoms with van der Waals surface area (Å²) in [6.45, 7) is 3.05. The third-order valence-electron chi connectivity index (χ3n) is 3.16. The average molecular weight is 385 g/mol. The molecular weight excluding hydrogens is 368 g/mol. The van der Waals surface area contributed by atoms with E-state index in [1.54, 1.807) is 0 Å². The molecule has 1 N–H and O–H groups in total. The van der Waals surface area contributed by atoms with Gasteiger partial charge in [0.25, 0.3) is 6.54 Å². The molecule has 26 heavy (non-hydrogen) atoms. The molecule has 0 amide bonds. The van der Waals surface area contributed by atoms with Gasteiger partial charge in [0.1, 0.15) is 0 Å². The van der Waals surface area contributed by atoms with Crippen molar-refractivity contribution in [1.29, 1.82) is 0 Å². The Morgan fingerprint density at radius 2 is 1.62 bits per heavy atom. The van der Waals surface area contributed by atoms with Crippen LogP contribution >= 0.6 is 0 Å². The number of benzene rings is 1. The molecule has 0 aliphatic carbocycles. The Bertz CT molecular complexity index is 636. The van der Waals surface area contributed by atoms with E-state index in [2.05, 4.69) is 10.3 Å². The maximum atomic E-state index is 12.8. The predicted molar refractivity (Wildman–Crippen MR) is 83.7 cm³/mol. The van der Waals surface area contributed by atoms with Crippen LogP contribution in [-0.2, 0) is 12.4 Å². The highest BCUT2D eigenvalue weighted by Crippen LogP contribution is 2.37. The van der Waals surface area contributed by atoms with E-state index in [4.69, 9.17) is 0 Å². The van der Waals surface area contributed by atoms with E-state index in [1.807, 2.05) is 13.8 Å². The molecule has 0 unspecified atom stereocenters. The molecule has 0 aromatic heterocycles. The average Bonchev–Trinajstić information content (AvgIpc) is 2.43. The highest BCUT2D eigenvalue weighted by Gasteiger charge is 2.37. The first kappa shape index (κ1) is 21.7. The van der Waals surface area contributed by atoms with E-state index in [1.165, 1.54) is 0 Å². The van der Waals surface area contributed by atoms with Crippen LogP contribution < -0.4 is 5.32 Å². The van der Waals surface area contributed by atoms with Gasteiger partial charge in [0, 0.05) is 17.2 Å². The van der Waals surface area contributed by atoms with Crippen LogP contribution in [0.4, 0.5) is 32.0 Å². The Hall–Kier alpha value is -2.33. The van der Waals surface area contributed by atoms with E-state index in [-0.39, 0.29) is 24.4 Å². The van der Waals surface area contributed by atoms with Gasteiger partial charge in [-0.3, -0.25) is 15.1 Å². The number of nitrogens with one attached hydrogen (secondary N) is 1. The SMILES string of the molecule is CC(C)CCN=C(C[N+](=O)[O-])Nc1cc(C(F)(F)F)cc(C(F)(F)F)c1. The molecule has 0 radical (unpaired) electrons. The van der Waals surface area contributed by atoms with Crippen LogP contribution in [0, 0.1) is 16.0 Å². The largest absolute Gasteiger partial charge is 0.416 e. The number of aliphatic imine (C=N–C) groups is 1. The third-order valence-corrected chi connectivity index (χ3v) is 3.16. The first-order valence-electron chi connectivity index (χ1n) is 7.50. The van der Waals surface area contributed by atoms with Crippen molar-refractivity contribution in [3.63, 3.8) is 0 Å². The van der Waals surface area contributed by atoms with E-state index in [9.17, 15) is 36.5 Å². The number of hydrogen-bond donors (Lipinski definition) is 1. The molecule has 0 saturated carbocycles. The number of nitro groups is 1. The molecule has 5 nitrogen and oxygen atoms in total. The second-order valence-corrected chi connectivity index (χ2v) is 5.92. The molecule has 1 aromatic rings. The molecule has 0 aliphatic rings. The maximum absolute atomic E-state index is 12.8. The Morgan fingerprint density at radius 3 is 2.00 bits per heavy atom. The zero-order chi connectivity index (χ0) is 20.1. The number of halogens is 6. The molecule has 0 spiro atoms. The van der Waals surface area contributed by atoms with Crippen LogP contribution in [0.3, 0.4) is 0 Å². The van der Waals surface area contributed by atoms with Crippen LogP contribution in [0.25, 0.3) is 0 Å². The first-order valence-corrected chi connectivity index (χ1v) is 7.50. The van der Waals surface area contributed by atoms with Crippen LogP contribution in [0.2, 0.25) is 0 Å². The summed E-state index contributed by atoms with van der Waals surface area (Å²) in [4.78, 5) is 13.8. The van der Waals surface area contributed by atoms with Gasteiger partial charge in [0.2, 0.25) is 0 Å². The van der Waals surface area contributed by atoms with Crippen LogP contribution in [0.15, 0.2) is 23.2 Å². The molecule has 0 aliphatic heterocycles. The van der Waals surface area contributed by atoms with Crippen LogP contribution in [0.1, 0.15) is 31.4 Å². The number of hydrogen-bond acceptors (Lipinski definition) is 3. The van der Waals surface area contributed by atoms with E-state index in [0.717, 1.165) is 0 Å². The summed E-state index contributed by atoms with van der Waals surface area (Å²) in [5, 5.41) is 12.9. The zero-order valence-electron chi connectivity index (χ0n) is 13.9. The zero-order valence-corrected chi connectivity index (χ0v) is 13.9. The summed E-state index contributed by atoms with van der Waals surface area (Å²) in [6, 6.07) is 0.883. The Morgan fingerprint density at radius 1 is 1.12 bits per heavy atom. The van der Waals surface area contributed by atoms with Crippen molar-refractivity contribution in [3.8, 4) is 0 Å². The van der Waals surface area contributed by atoms with Gasteiger partial charge in [-0.25, -0.2) is 0 Å². The molecule has 11 heteroatoms. The van der Waals surface area contributed by atoms with Gasteiger partial charge in [-0.1, -0.05) is 13.8 Å². The normalized spacial score (nSPS) is 13.2. The molecular formula is C15H17F6N3O2. The van der Waals surface area contributed by atoms with Crippen molar-refractivity contribution in [3.05, 3.63) is 39.4 Å². The standard InChI is InChI=1S/C15H17F6N3O2/c1-9(2)3-4-22-13(8-24(25)26)23-12-6-10(14(16,17)18)5-11(7-12)15(19,20)21/h5-7,9H,3-4,8H2,1-2H3,(H,22,23). The van der Waals surface area contributed by atoms with Crippen molar-refractivity contribution in [2.24, 2.45) is 10.9 Å². The fourth-order valence-electron chi connectivity index (χ4n) is 1.90. The van der Waals surface area contributed by atoms with Gasteiger partial charge < -0.3 is 5.32 Å². The molecule has 0 saturated heterocycles. The molecule has 0 heterocycles. The summed E-state index contributed by atoms with van der Waals surface area (Å²) >= 11 is 0. The molecule has 0 bridgehead atoms. The van der Waals surface area contributed by atoms with Gasteiger partial charge in [0.05, 0.1) is 11.1 Å². The molecule has 0 fully saturated rings. The Balaban J connectivity index is 3.22. The van der Waals surface area contributed by atoms with Crippen molar-refractivity contribution in [1.82, 2.24) is 0 Å². The van der Waals surface area contributed by atoms with Crippen molar-refractivity contribution < 1.29 is 31.3 Å². The Labute approximate surface area is 145 Å². The lowest BCUT2D eigenvalue weighted by atomic mass is 10.1. The summed E-state index contributed by atoms with van der Waals surface area (Å²) in [6.07, 6.45) is -9.45. The van der Waals surface area contributed by atoms with Crippen molar-refractivity contribution in [2.75, 3.05) is 18.4 Å². The van der Waals surface area contributed by atoms with Gasteiger partial charge in [-0.05, 0) is 30.5 Å². The van der Waals surface area contributed by atoms with Crippen molar-refractivity contribution >= 4 is 11.5 Å². The summed E-state index contributed by atoms with van der Waals surface area (Å²) in [5.74, 6) is -0.0934. The summed E-state index contributed by atoms with van der Waals surface area (Å²) in [5.41, 5.74) is -3.60. The maximum Gasteiger partial charge on any atom is 0.416 e. The van der Waals surface area contributed by atoms with Crippen LogP contribution in [0.5, 0.6) is 0 Å². The smallest absolute Gasteiger partial charge is 0.338 e. The monoisotopic (exact) mass is 385 g/mol. The predicted octanol–water partition coefficient (Wildman–Crippen LogP) is 4.86. The quantitative estimate of drug-likeness (QED) is 0.250. The van der Waals surface area contributed by atoms with E-state index < -0.39 is 40.6 Å². The lowest BCUT2D eigenvalue weighted by Gasteiger charge is -2.15. The summed E-state index contributed by atoms with van der Waals surface area (Å²) in [7, 11) is 0. The minimum atomic E-state index is -5.00. The number of alkyl halides is 6.